The number of likely N-dealkylation sites (tertiary alicyclic amines) is 1. The number of halogens is 1. The van der Waals surface area contributed by atoms with Crippen LogP contribution >= 0.6 is 24.0 Å². The molecule has 0 bridgehead atoms. The first-order valence-electron chi connectivity index (χ1n) is 10.5. The van der Waals surface area contributed by atoms with Crippen molar-refractivity contribution in [3.05, 3.63) is 29.8 Å². The monoisotopic (exact) mass is 501 g/mol. The second kappa shape index (κ2) is 13.2. The zero-order valence-electron chi connectivity index (χ0n) is 17.2. The van der Waals surface area contributed by atoms with Gasteiger partial charge in [0.15, 0.2) is 5.96 Å². The van der Waals surface area contributed by atoms with E-state index < -0.39 is 0 Å². The van der Waals surface area contributed by atoms with E-state index in [4.69, 9.17) is 9.73 Å². The van der Waals surface area contributed by atoms with Crippen LogP contribution in [-0.4, -0.2) is 69.9 Å². The molecule has 2 heterocycles. The van der Waals surface area contributed by atoms with E-state index >= 15 is 0 Å². The highest BCUT2D eigenvalue weighted by atomic mass is 127. The largest absolute Gasteiger partial charge is 0.378 e. The van der Waals surface area contributed by atoms with Crippen LogP contribution in [0.25, 0.3) is 0 Å². The van der Waals surface area contributed by atoms with Crippen LogP contribution in [0.3, 0.4) is 0 Å². The van der Waals surface area contributed by atoms with Crippen molar-refractivity contribution in [1.29, 1.82) is 0 Å². The highest BCUT2D eigenvalue weighted by Crippen LogP contribution is 2.17. The van der Waals surface area contributed by atoms with E-state index in [9.17, 15) is 0 Å². The lowest BCUT2D eigenvalue weighted by Crippen LogP contribution is -2.42. The molecular weight excluding hydrogens is 465 g/mol. The Morgan fingerprint density at radius 3 is 2.39 bits per heavy atom. The van der Waals surface area contributed by atoms with Crippen LogP contribution in [-0.2, 0) is 11.3 Å². The molecule has 1 aromatic rings. The van der Waals surface area contributed by atoms with Crippen molar-refractivity contribution in [3.63, 3.8) is 0 Å². The molecule has 158 valence electrons. The molecule has 2 aliphatic rings. The molecule has 2 saturated heterocycles. The van der Waals surface area contributed by atoms with Crippen LogP contribution in [0.5, 0.6) is 0 Å². The number of guanidine groups is 1. The number of benzene rings is 1. The lowest BCUT2D eigenvalue weighted by atomic mass is 10.1. The van der Waals surface area contributed by atoms with Crippen molar-refractivity contribution < 1.29 is 4.74 Å². The minimum absolute atomic E-state index is 0. The number of anilines is 1. The van der Waals surface area contributed by atoms with E-state index in [0.29, 0.717) is 6.54 Å². The first kappa shape index (κ1) is 23.2. The second-order valence-electron chi connectivity index (χ2n) is 7.29. The van der Waals surface area contributed by atoms with Gasteiger partial charge in [0.1, 0.15) is 0 Å². The fourth-order valence-electron chi connectivity index (χ4n) is 3.66. The van der Waals surface area contributed by atoms with Crippen molar-refractivity contribution in [2.45, 2.75) is 32.7 Å². The maximum Gasteiger partial charge on any atom is 0.191 e. The predicted molar refractivity (Wildman–Crippen MR) is 128 cm³/mol. The molecule has 0 aliphatic carbocycles. The molecule has 2 N–H and O–H groups in total. The van der Waals surface area contributed by atoms with E-state index in [1.165, 1.54) is 43.6 Å². The first-order chi connectivity index (χ1) is 13.3. The van der Waals surface area contributed by atoms with Gasteiger partial charge in [-0.2, -0.15) is 0 Å². The number of ether oxygens (including phenoxy) is 1. The SMILES string of the molecule is CCNC(=NCc1ccc(N2CCOCC2)cc1)NCCN1CCCCC1.I. The molecular formula is C21H36IN5O. The van der Waals surface area contributed by atoms with E-state index in [-0.39, 0.29) is 24.0 Å². The number of rotatable bonds is 7. The number of hydrogen-bond acceptors (Lipinski definition) is 4. The Hall–Kier alpha value is -1.06. The van der Waals surface area contributed by atoms with Crippen molar-refractivity contribution in [2.24, 2.45) is 4.99 Å². The molecule has 6 nitrogen and oxygen atoms in total. The normalized spacial score (nSPS) is 18.5. The minimum atomic E-state index is 0. The smallest absolute Gasteiger partial charge is 0.191 e. The molecule has 0 atom stereocenters. The Kier molecular flexibility index (Phi) is 11.0. The topological polar surface area (TPSA) is 52.1 Å². The molecule has 0 unspecified atom stereocenters. The predicted octanol–water partition coefficient (Wildman–Crippen LogP) is 2.68. The maximum atomic E-state index is 5.43. The van der Waals surface area contributed by atoms with Gasteiger partial charge < -0.3 is 25.2 Å². The summed E-state index contributed by atoms with van der Waals surface area (Å²) >= 11 is 0. The number of piperidine rings is 1. The highest BCUT2D eigenvalue weighted by molar-refractivity contribution is 14.0. The Morgan fingerprint density at radius 2 is 1.71 bits per heavy atom. The Balaban J connectivity index is 0.00000280. The number of morpholine rings is 1. The van der Waals surface area contributed by atoms with Gasteiger partial charge in [-0.3, -0.25) is 0 Å². The first-order valence-corrected chi connectivity index (χ1v) is 10.5. The van der Waals surface area contributed by atoms with Gasteiger partial charge in [-0.15, -0.1) is 24.0 Å². The molecule has 0 saturated carbocycles. The summed E-state index contributed by atoms with van der Waals surface area (Å²) in [7, 11) is 0. The molecule has 0 radical (unpaired) electrons. The fraction of sp³-hybridized carbons (Fsp3) is 0.667. The quantitative estimate of drug-likeness (QED) is 0.342. The molecule has 1 aromatic carbocycles. The fourth-order valence-corrected chi connectivity index (χ4v) is 3.66. The summed E-state index contributed by atoms with van der Waals surface area (Å²) in [4.78, 5) is 9.67. The zero-order chi connectivity index (χ0) is 18.7. The molecule has 28 heavy (non-hydrogen) atoms. The van der Waals surface area contributed by atoms with Gasteiger partial charge in [0.25, 0.3) is 0 Å². The lowest BCUT2D eigenvalue weighted by molar-refractivity contribution is 0.122. The summed E-state index contributed by atoms with van der Waals surface area (Å²) in [5.41, 5.74) is 2.51. The number of nitrogens with zero attached hydrogens (tertiary/aromatic N) is 3. The van der Waals surface area contributed by atoms with Gasteiger partial charge in [0, 0.05) is 38.4 Å². The third-order valence-corrected chi connectivity index (χ3v) is 5.25. The highest BCUT2D eigenvalue weighted by Gasteiger charge is 2.11. The van der Waals surface area contributed by atoms with Crippen LogP contribution in [0.1, 0.15) is 31.7 Å². The summed E-state index contributed by atoms with van der Waals surface area (Å²) in [6.45, 7) is 11.8. The maximum absolute atomic E-state index is 5.43. The third kappa shape index (κ3) is 7.75. The minimum Gasteiger partial charge on any atom is -0.378 e. The Morgan fingerprint density at radius 1 is 1.00 bits per heavy atom. The van der Waals surface area contributed by atoms with Gasteiger partial charge >= 0.3 is 0 Å². The zero-order valence-corrected chi connectivity index (χ0v) is 19.5. The van der Waals surface area contributed by atoms with Gasteiger partial charge in [-0.1, -0.05) is 18.6 Å². The number of aliphatic imine (C=N–C) groups is 1. The van der Waals surface area contributed by atoms with Gasteiger partial charge in [-0.25, -0.2) is 4.99 Å². The molecule has 0 spiro atoms. The van der Waals surface area contributed by atoms with Crippen LogP contribution in [0.4, 0.5) is 5.69 Å². The second-order valence-corrected chi connectivity index (χ2v) is 7.29. The molecule has 0 aromatic heterocycles. The number of hydrogen-bond donors (Lipinski definition) is 2. The summed E-state index contributed by atoms with van der Waals surface area (Å²) in [5, 5.41) is 6.83. The van der Waals surface area contributed by atoms with Crippen LogP contribution in [0, 0.1) is 0 Å². The van der Waals surface area contributed by atoms with E-state index in [1.54, 1.807) is 0 Å². The van der Waals surface area contributed by atoms with Crippen molar-refractivity contribution >= 4 is 35.6 Å². The molecule has 0 amide bonds. The van der Waals surface area contributed by atoms with Crippen LogP contribution in [0.15, 0.2) is 29.3 Å². The van der Waals surface area contributed by atoms with E-state index in [2.05, 4.69) is 51.6 Å². The number of nitrogens with one attached hydrogen (secondary N) is 2. The van der Waals surface area contributed by atoms with E-state index in [1.807, 2.05) is 0 Å². The molecule has 2 aliphatic heterocycles. The lowest BCUT2D eigenvalue weighted by Gasteiger charge is -2.28. The van der Waals surface area contributed by atoms with Gasteiger partial charge in [-0.05, 0) is 50.6 Å². The molecule has 2 fully saturated rings. The van der Waals surface area contributed by atoms with Crippen molar-refractivity contribution in [1.82, 2.24) is 15.5 Å². The summed E-state index contributed by atoms with van der Waals surface area (Å²) in [6.07, 6.45) is 4.07. The van der Waals surface area contributed by atoms with Crippen LogP contribution in [0.2, 0.25) is 0 Å². The summed E-state index contributed by atoms with van der Waals surface area (Å²) in [5.74, 6) is 0.909. The van der Waals surface area contributed by atoms with Crippen molar-refractivity contribution in [3.8, 4) is 0 Å². The summed E-state index contributed by atoms with van der Waals surface area (Å²) in [6, 6.07) is 8.77. The van der Waals surface area contributed by atoms with Gasteiger partial charge in [0.2, 0.25) is 0 Å². The molecule has 3 rings (SSSR count). The van der Waals surface area contributed by atoms with E-state index in [0.717, 1.165) is 51.9 Å². The average molecular weight is 501 g/mol. The van der Waals surface area contributed by atoms with Crippen LogP contribution < -0.4 is 15.5 Å². The van der Waals surface area contributed by atoms with Gasteiger partial charge in [0.05, 0.1) is 19.8 Å². The third-order valence-electron chi connectivity index (χ3n) is 5.25. The average Bonchev–Trinajstić information content (AvgIpc) is 2.74. The summed E-state index contributed by atoms with van der Waals surface area (Å²) < 4.78 is 5.43. The standard InChI is InChI=1S/C21H35N5O.HI/c1-2-22-21(23-10-13-25-11-4-3-5-12-25)24-18-19-6-8-20(9-7-19)26-14-16-27-17-15-26;/h6-9H,2-5,10-18H2,1H3,(H2,22,23,24);1H. The van der Waals surface area contributed by atoms with Crippen molar-refractivity contribution in [2.75, 3.05) is 63.9 Å². The Labute approximate surface area is 187 Å². The molecule has 7 heteroatoms. The Bertz CT molecular complexity index is 569.